The fourth-order valence-corrected chi connectivity index (χ4v) is 1.81. The Bertz CT molecular complexity index is 157. The van der Waals surface area contributed by atoms with Gasteiger partial charge in [0.2, 0.25) is 0 Å². The van der Waals surface area contributed by atoms with Crippen LogP contribution in [0.1, 0.15) is 39.5 Å². The summed E-state index contributed by atoms with van der Waals surface area (Å²) in [5.41, 5.74) is 0.0146. The van der Waals surface area contributed by atoms with Gasteiger partial charge in [-0.3, -0.25) is 0 Å². The number of hydrogen-bond donors (Lipinski definition) is 0. The first-order valence-electron chi connectivity index (χ1n) is 4.11. The average molecular weight is 137 g/mol. The van der Waals surface area contributed by atoms with Gasteiger partial charge in [0.25, 0.3) is 0 Å². The molecule has 1 heteroatoms. The molecule has 0 aromatic heterocycles. The molecule has 0 aliphatic heterocycles. The van der Waals surface area contributed by atoms with Crippen molar-refractivity contribution in [2.75, 3.05) is 0 Å². The Kier molecular flexibility index (Phi) is 1.99. The fourth-order valence-electron chi connectivity index (χ4n) is 1.81. The Morgan fingerprint density at radius 1 is 1.70 bits per heavy atom. The van der Waals surface area contributed by atoms with Crippen LogP contribution in [0, 0.1) is 22.7 Å². The van der Waals surface area contributed by atoms with Gasteiger partial charge in [-0.15, -0.1) is 0 Å². The van der Waals surface area contributed by atoms with Crippen molar-refractivity contribution in [1.29, 1.82) is 5.26 Å². The fraction of sp³-hybridized carbons (Fsp3) is 0.889. The van der Waals surface area contributed by atoms with E-state index in [1.54, 1.807) is 0 Å². The van der Waals surface area contributed by atoms with E-state index < -0.39 is 0 Å². The maximum absolute atomic E-state index is 8.79. The summed E-state index contributed by atoms with van der Waals surface area (Å²) in [6.45, 7) is 4.30. The highest BCUT2D eigenvalue weighted by atomic mass is 14.4. The highest BCUT2D eigenvalue weighted by Gasteiger charge is 2.33. The van der Waals surface area contributed by atoms with Crippen LogP contribution in [0.5, 0.6) is 0 Å². The van der Waals surface area contributed by atoms with Crippen LogP contribution < -0.4 is 0 Å². The molecule has 1 saturated carbocycles. The first-order chi connectivity index (χ1) is 4.70. The minimum absolute atomic E-state index is 0.0146. The molecule has 1 aliphatic rings. The molecule has 10 heavy (non-hydrogen) atoms. The van der Waals surface area contributed by atoms with E-state index >= 15 is 0 Å². The molecule has 1 nitrogen and oxygen atoms in total. The molecule has 0 amide bonds. The molecule has 1 fully saturated rings. The Labute approximate surface area is 63.0 Å². The molecule has 0 bridgehead atoms. The van der Waals surface area contributed by atoms with Gasteiger partial charge in [0, 0.05) is 0 Å². The Morgan fingerprint density at radius 3 is 2.70 bits per heavy atom. The van der Waals surface area contributed by atoms with Gasteiger partial charge in [-0.25, -0.2) is 0 Å². The van der Waals surface area contributed by atoms with E-state index in [1.165, 1.54) is 12.8 Å². The molecule has 2 atom stereocenters. The van der Waals surface area contributed by atoms with Crippen LogP contribution in [-0.2, 0) is 0 Å². The van der Waals surface area contributed by atoms with E-state index in [4.69, 9.17) is 5.26 Å². The molecule has 0 saturated heterocycles. The summed E-state index contributed by atoms with van der Waals surface area (Å²) in [5, 5.41) is 8.79. The van der Waals surface area contributed by atoms with Crippen molar-refractivity contribution >= 4 is 0 Å². The molecular formula is C9H15N. The minimum atomic E-state index is 0.0146. The Morgan fingerprint density at radius 2 is 2.40 bits per heavy atom. The second-order valence-electron chi connectivity index (χ2n) is 3.69. The van der Waals surface area contributed by atoms with Crippen LogP contribution in [0.25, 0.3) is 0 Å². The van der Waals surface area contributed by atoms with Gasteiger partial charge in [-0.1, -0.05) is 13.3 Å². The SMILES string of the molecule is CCC1CCC(C)(C#N)C1. The van der Waals surface area contributed by atoms with E-state index in [0.717, 1.165) is 18.8 Å². The molecule has 1 aliphatic carbocycles. The summed E-state index contributed by atoms with van der Waals surface area (Å²) < 4.78 is 0. The molecule has 0 heterocycles. The van der Waals surface area contributed by atoms with Crippen molar-refractivity contribution in [3.05, 3.63) is 0 Å². The van der Waals surface area contributed by atoms with Crippen molar-refractivity contribution in [1.82, 2.24) is 0 Å². The van der Waals surface area contributed by atoms with Crippen LogP contribution in [0.3, 0.4) is 0 Å². The highest BCUT2D eigenvalue weighted by molar-refractivity contribution is 5.00. The lowest BCUT2D eigenvalue weighted by atomic mass is 9.89. The van der Waals surface area contributed by atoms with Gasteiger partial charge < -0.3 is 0 Å². The van der Waals surface area contributed by atoms with Gasteiger partial charge in [0.1, 0.15) is 0 Å². The van der Waals surface area contributed by atoms with Crippen molar-refractivity contribution in [3.8, 4) is 6.07 Å². The third kappa shape index (κ3) is 1.31. The number of nitriles is 1. The average Bonchev–Trinajstić information content (AvgIpc) is 2.33. The monoisotopic (exact) mass is 137 g/mol. The van der Waals surface area contributed by atoms with E-state index in [0.29, 0.717) is 0 Å². The lowest BCUT2D eigenvalue weighted by molar-refractivity contribution is 0.422. The summed E-state index contributed by atoms with van der Waals surface area (Å²) in [7, 11) is 0. The third-order valence-corrected chi connectivity index (χ3v) is 2.69. The van der Waals surface area contributed by atoms with Crippen LogP contribution in [0.2, 0.25) is 0 Å². The zero-order chi connectivity index (χ0) is 7.61. The summed E-state index contributed by atoms with van der Waals surface area (Å²) in [5.74, 6) is 0.824. The summed E-state index contributed by atoms with van der Waals surface area (Å²) in [6, 6.07) is 2.40. The molecule has 2 unspecified atom stereocenters. The summed E-state index contributed by atoms with van der Waals surface area (Å²) in [4.78, 5) is 0. The molecule has 0 aromatic rings. The highest BCUT2D eigenvalue weighted by Crippen LogP contribution is 2.41. The first kappa shape index (κ1) is 7.60. The maximum Gasteiger partial charge on any atom is 0.0686 e. The topological polar surface area (TPSA) is 23.8 Å². The minimum Gasteiger partial charge on any atom is -0.198 e. The zero-order valence-corrected chi connectivity index (χ0v) is 6.85. The second-order valence-corrected chi connectivity index (χ2v) is 3.69. The molecule has 1 rings (SSSR count). The largest absolute Gasteiger partial charge is 0.198 e. The normalized spacial score (nSPS) is 39.5. The Balaban J connectivity index is 2.51. The second kappa shape index (κ2) is 2.62. The Hall–Kier alpha value is -0.510. The molecule has 0 N–H and O–H groups in total. The van der Waals surface area contributed by atoms with Crippen LogP contribution >= 0.6 is 0 Å². The number of rotatable bonds is 1. The molecular weight excluding hydrogens is 122 g/mol. The standard InChI is InChI=1S/C9H15N/c1-3-8-4-5-9(2,6-8)7-10/h8H,3-6H2,1-2H3. The lowest BCUT2D eigenvalue weighted by Crippen LogP contribution is -2.07. The van der Waals surface area contributed by atoms with Crippen molar-refractivity contribution < 1.29 is 0 Å². The molecule has 0 spiro atoms. The van der Waals surface area contributed by atoms with Gasteiger partial charge >= 0.3 is 0 Å². The van der Waals surface area contributed by atoms with Crippen LogP contribution in [-0.4, -0.2) is 0 Å². The predicted octanol–water partition coefficient (Wildman–Crippen LogP) is 2.73. The summed E-state index contributed by atoms with van der Waals surface area (Å²) in [6.07, 6.45) is 4.75. The lowest BCUT2D eigenvalue weighted by Gasteiger charge is -2.12. The first-order valence-corrected chi connectivity index (χ1v) is 4.11. The summed E-state index contributed by atoms with van der Waals surface area (Å²) >= 11 is 0. The van der Waals surface area contributed by atoms with Crippen molar-refractivity contribution in [2.24, 2.45) is 11.3 Å². The maximum atomic E-state index is 8.79. The third-order valence-electron chi connectivity index (χ3n) is 2.69. The van der Waals surface area contributed by atoms with Gasteiger partial charge in [0.15, 0.2) is 0 Å². The van der Waals surface area contributed by atoms with Crippen molar-refractivity contribution in [3.63, 3.8) is 0 Å². The van der Waals surface area contributed by atoms with E-state index in [9.17, 15) is 0 Å². The van der Waals surface area contributed by atoms with Crippen LogP contribution in [0.4, 0.5) is 0 Å². The predicted molar refractivity (Wildman–Crippen MR) is 41.4 cm³/mol. The van der Waals surface area contributed by atoms with E-state index in [1.807, 2.05) is 0 Å². The van der Waals surface area contributed by atoms with Gasteiger partial charge in [-0.05, 0) is 32.1 Å². The number of hydrogen-bond acceptors (Lipinski definition) is 1. The smallest absolute Gasteiger partial charge is 0.0686 e. The molecule has 56 valence electrons. The molecule has 0 aromatic carbocycles. The van der Waals surface area contributed by atoms with Gasteiger partial charge in [0.05, 0.1) is 11.5 Å². The quantitative estimate of drug-likeness (QED) is 0.545. The van der Waals surface area contributed by atoms with Crippen LogP contribution in [0.15, 0.2) is 0 Å². The molecule has 0 radical (unpaired) electrons. The van der Waals surface area contributed by atoms with E-state index in [-0.39, 0.29) is 5.41 Å². The number of nitrogens with zero attached hydrogens (tertiary/aromatic N) is 1. The zero-order valence-electron chi connectivity index (χ0n) is 6.85. The van der Waals surface area contributed by atoms with Gasteiger partial charge in [-0.2, -0.15) is 5.26 Å². The van der Waals surface area contributed by atoms with Crippen molar-refractivity contribution in [2.45, 2.75) is 39.5 Å². The van der Waals surface area contributed by atoms with E-state index in [2.05, 4.69) is 19.9 Å².